The summed E-state index contributed by atoms with van der Waals surface area (Å²) in [6.45, 7) is 4.84. The van der Waals surface area contributed by atoms with Crippen LogP contribution < -0.4 is 10.2 Å². The molecular formula is C13H19FN4. The van der Waals surface area contributed by atoms with Crippen LogP contribution in [0.2, 0.25) is 0 Å². The van der Waals surface area contributed by atoms with Gasteiger partial charge in [-0.1, -0.05) is 6.92 Å². The minimum Gasteiger partial charge on any atom is -0.341 e. The molecule has 2 N–H and O–H groups in total. The fraction of sp³-hybridized carbons (Fsp3) is 0.462. The molecule has 0 unspecified atom stereocenters. The Morgan fingerprint density at radius 2 is 2.22 bits per heavy atom. The van der Waals surface area contributed by atoms with Crippen LogP contribution in [-0.4, -0.2) is 36.6 Å². The standard InChI is InChI=1S/C13H19FN4/c1-3-7-18(8-6-15-2)13-16-11-5-4-10(14)9-12(11)17-13/h4-5,9,15H,3,6-8H2,1-2H3,(H,16,17). The van der Waals surface area contributed by atoms with Gasteiger partial charge >= 0.3 is 0 Å². The van der Waals surface area contributed by atoms with Crippen LogP contribution in [0.4, 0.5) is 10.3 Å². The second-order valence-electron chi connectivity index (χ2n) is 4.31. The van der Waals surface area contributed by atoms with Crippen molar-refractivity contribution >= 4 is 17.0 Å². The smallest absolute Gasteiger partial charge is 0.203 e. The maximum Gasteiger partial charge on any atom is 0.203 e. The number of halogens is 1. The second-order valence-corrected chi connectivity index (χ2v) is 4.31. The average molecular weight is 250 g/mol. The first-order valence-corrected chi connectivity index (χ1v) is 6.29. The van der Waals surface area contributed by atoms with Crippen molar-refractivity contribution in [1.82, 2.24) is 15.3 Å². The molecule has 0 amide bonds. The molecule has 0 saturated carbocycles. The van der Waals surface area contributed by atoms with Gasteiger partial charge in [0.15, 0.2) is 0 Å². The number of hydrogen-bond donors (Lipinski definition) is 2. The highest BCUT2D eigenvalue weighted by Crippen LogP contribution is 2.18. The maximum atomic E-state index is 13.1. The molecule has 0 aliphatic carbocycles. The maximum absolute atomic E-state index is 13.1. The highest BCUT2D eigenvalue weighted by molar-refractivity contribution is 5.77. The number of nitrogens with one attached hydrogen (secondary N) is 2. The lowest BCUT2D eigenvalue weighted by atomic mass is 10.3. The van der Waals surface area contributed by atoms with Crippen molar-refractivity contribution in [1.29, 1.82) is 0 Å². The average Bonchev–Trinajstić information content (AvgIpc) is 2.77. The monoisotopic (exact) mass is 250 g/mol. The number of nitrogens with zero attached hydrogens (tertiary/aromatic N) is 2. The predicted octanol–water partition coefficient (Wildman–Crippen LogP) is 2.14. The van der Waals surface area contributed by atoms with E-state index >= 15 is 0 Å². The van der Waals surface area contributed by atoms with Crippen molar-refractivity contribution in [2.45, 2.75) is 13.3 Å². The first kappa shape index (κ1) is 12.8. The molecule has 98 valence electrons. The Kier molecular flexibility index (Phi) is 4.15. The SMILES string of the molecule is CCCN(CCNC)c1nc2ccc(F)cc2[nH]1. The van der Waals surface area contributed by atoms with Crippen LogP contribution >= 0.6 is 0 Å². The topological polar surface area (TPSA) is 44.0 Å². The highest BCUT2D eigenvalue weighted by Gasteiger charge is 2.10. The summed E-state index contributed by atoms with van der Waals surface area (Å²) in [5, 5.41) is 3.13. The number of aromatic nitrogens is 2. The Balaban J connectivity index is 2.26. The molecule has 1 aromatic heterocycles. The number of hydrogen-bond acceptors (Lipinski definition) is 3. The lowest BCUT2D eigenvalue weighted by Gasteiger charge is -2.20. The van der Waals surface area contributed by atoms with E-state index in [1.165, 1.54) is 12.1 Å². The fourth-order valence-corrected chi connectivity index (χ4v) is 1.96. The van der Waals surface area contributed by atoms with Crippen molar-refractivity contribution in [3.05, 3.63) is 24.0 Å². The number of likely N-dealkylation sites (N-methyl/N-ethyl adjacent to an activating group) is 1. The van der Waals surface area contributed by atoms with Crippen molar-refractivity contribution in [3.63, 3.8) is 0 Å². The van der Waals surface area contributed by atoms with Gasteiger partial charge in [-0.15, -0.1) is 0 Å². The Bertz CT molecular complexity index is 509. The van der Waals surface area contributed by atoms with Gasteiger partial charge < -0.3 is 15.2 Å². The predicted molar refractivity (Wildman–Crippen MR) is 72.5 cm³/mol. The highest BCUT2D eigenvalue weighted by atomic mass is 19.1. The van der Waals surface area contributed by atoms with Crippen LogP contribution in [0.15, 0.2) is 18.2 Å². The second kappa shape index (κ2) is 5.82. The summed E-state index contributed by atoms with van der Waals surface area (Å²) in [6.07, 6.45) is 1.05. The quantitative estimate of drug-likeness (QED) is 0.825. The normalized spacial score (nSPS) is 11.1. The van der Waals surface area contributed by atoms with Gasteiger partial charge in [-0.05, 0) is 31.7 Å². The van der Waals surface area contributed by atoms with Crippen molar-refractivity contribution in [2.24, 2.45) is 0 Å². The molecule has 0 atom stereocenters. The summed E-state index contributed by atoms with van der Waals surface area (Å²) in [5.74, 6) is 0.572. The zero-order valence-corrected chi connectivity index (χ0v) is 10.8. The van der Waals surface area contributed by atoms with Crippen molar-refractivity contribution in [2.75, 3.05) is 31.6 Å². The zero-order chi connectivity index (χ0) is 13.0. The molecule has 0 aliphatic rings. The molecule has 1 aromatic carbocycles. The number of rotatable bonds is 6. The van der Waals surface area contributed by atoms with E-state index in [1.807, 2.05) is 7.05 Å². The molecule has 0 saturated heterocycles. The van der Waals surface area contributed by atoms with E-state index in [0.29, 0.717) is 0 Å². The lowest BCUT2D eigenvalue weighted by molar-refractivity contribution is 0.629. The summed E-state index contributed by atoms with van der Waals surface area (Å²) in [5.41, 5.74) is 1.55. The minimum absolute atomic E-state index is 0.241. The molecule has 0 fully saturated rings. The molecule has 0 aliphatic heterocycles. The minimum atomic E-state index is -0.241. The zero-order valence-electron chi connectivity index (χ0n) is 10.8. The molecule has 0 spiro atoms. The molecule has 1 heterocycles. The van der Waals surface area contributed by atoms with Crippen LogP contribution in [0.3, 0.4) is 0 Å². The van der Waals surface area contributed by atoms with Crippen LogP contribution in [0, 0.1) is 5.82 Å². The number of fused-ring (bicyclic) bond motifs is 1. The molecule has 4 nitrogen and oxygen atoms in total. The number of anilines is 1. The molecule has 0 radical (unpaired) electrons. The largest absolute Gasteiger partial charge is 0.341 e. The van der Waals surface area contributed by atoms with E-state index < -0.39 is 0 Å². The van der Waals surface area contributed by atoms with Gasteiger partial charge in [0.2, 0.25) is 5.95 Å². The van der Waals surface area contributed by atoms with E-state index in [0.717, 1.165) is 43.0 Å². The lowest BCUT2D eigenvalue weighted by Crippen LogP contribution is -2.32. The summed E-state index contributed by atoms with van der Waals surface area (Å²) in [4.78, 5) is 9.85. The summed E-state index contributed by atoms with van der Waals surface area (Å²) < 4.78 is 13.1. The molecule has 5 heteroatoms. The van der Waals surface area contributed by atoms with Crippen LogP contribution in [0.5, 0.6) is 0 Å². The molecule has 0 bridgehead atoms. The van der Waals surface area contributed by atoms with E-state index in [-0.39, 0.29) is 5.82 Å². The Labute approximate surface area is 106 Å². The van der Waals surface area contributed by atoms with Gasteiger partial charge in [-0.25, -0.2) is 9.37 Å². The third-order valence-electron chi connectivity index (χ3n) is 2.86. The third kappa shape index (κ3) is 2.79. The first-order chi connectivity index (χ1) is 8.74. The Morgan fingerprint density at radius 3 is 2.94 bits per heavy atom. The molecular weight excluding hydrogens is 231 g/mol. The van der Waals surface area contributed by atoms with Crippen LogP contribution in [0.25, 0.3) is 11.0 Å². The summed E-state index contributed by atoms with van der Waals surface area (Å²) in [6, 6.07) is 4.62. The van der Waals surface area contributed by atoms with E-state index in [4.69, 9.17) is 0 Å². The van der Waals surface area contributed by atoms with E-state index in [9.17, 15) is 4.39 Å². The van der Waals surface area contributed by atoms with Crippen LogP contribution in [0.1, 0.15) is 13.3 Å². The van der Waals surface area contributed by atoms with Gasteiger partial charge in [0.1, 0.15) is 5.82 Å². The van der Waals surface area contributed by atoms with E-state index in [2.05, 4.69) is 27.1 Å². The third-order valence-corrected chi connectivity index (χ3v) is 2.86. The Morgan fingerprint density at radius 1 is 1.39 bits per heavy atom. The van der Waals surface area contributed by atoms with Crippen molar-refractivity contribution in [3.8, 4) is 0 Å². The van der Waals surface area contributed by atoms with Gasteiger partial charge in [-0.2, -0.15) is 0 Å². The number of H-pyrrole nitrogens is 1. The first-order valence-electron chi connectivity index (χ1n) is 6.29. The summed E-state index contributed by atoms with van der Waals surface area (Å²) >= 11 is 0. The van der Waals surface area contributed by atoms with Gasteiger partial charge in [0.25, 0.3) is 0 Å². The van der Waals surface area contributed by atoms with Gasteiger partial charge in [0, 0.05) is 19.6 Å². The molecule has 2 rings (SSSR count). The Hall–Kier alpha value is -1.62. The number of aromatic amines is 1. The van der Waals surface area contributed by atoms with Crippen LogP contribution in [-0.2, 0) is 0 Å². The number of benzene rings is 1. The molecule has 2 aromatic rings. The van der Waals surface area contributed by atoms with E-state index in [1.54, 1.807) is 6.07 Å². The number of imidazole rings is 1. The fourth-order valence-electron chi connectivity index (χ4n) is 1.96. The summed E-state index contributed by atoms with van der Waals surface area (Å²) in [7, 11) is 1.93. The van der Waals surface area contributed by atoms with Gasteiger partial charge in [-0.3, -0.25) is 0 Å². The molecule has 18 heavy (non-hydrogen) atoms. The van der Waals surface area contributed by atoms with Crippen molar-refractivity contribution < 1.29 is 4.39 Å². The van der Waals surface area contributed by atoms with Gasteiger partial charge in [0.05, 0.1) is 11.0 Å².